The van der Waals surface area contributed by atoms with E-state index in [0.717, 1.165) is 17.9 Å². The van der Waals surface area contributed by atoms with Gasteiger partial charge >= 0.3 is 5.97 Å². The van der Waals surface area contributed by atoms with Gasteiger partial charge in [0.2, 0.25) is 0 Å². The quantitative estimate of drug-likeness (QED) is 0.510. The number of carbonyl (C=O) groups is 1. The molecular weight excluding hydrogens is 376 g/mol. The zero-order chi connectivity index (χ0) is 19.9. The summed E-state index contributed by atoms with van der Waals surface area (Å²) in [5.74, 6) is -0.209. The van der Waals surface area contributed by atoms with Crippen molar-refractivity contribution in [2.75, 3.05) is 27.4 Å². The second kappa shape index (κ2) is 9.66. The number of methoxy groups -OCH3 is 2. The third kappa shape index (κ3) is 4.51. The summed E-state index contributed by atoms with van der Waals surface area (Å²) in [5, 5.41) is 4.10. The van der Waals surface area contributed by atoms with Crippen LogP contribution in [0.3, 0.4) is 0 Å². The predicted octanol–water partition coefficient (Wildman–Crippen LogP) is 2.46. The number of esters is 1. The maximum absolute atomic E-state index is 11.5. The lowest BCUT2D eigenvalue weighted by molar-refractivity contribution is -0.140. The van der Waals surface area contributed by atoms with Crippen molar-refractivity contribution in [3.8, 4) is 0 Å². The monoisotopic (exact) mass is 402 g/mol. The average molecular weight is 403 g/mol. The zero-order valence-corrected chi connectivity index (χ0v) is 17.0. The molecule has 1 aliphatic rings. The van der Waals surface area contributed by atoms with E-state index in [1.807, 2.05) is 24.3 Å². The van der Waals surface area contributed by atoms with Gasteiger partial charge in [-0.1, -0.05) is 6.07 Å². The van der Waals surface area contributed by atoms with Crippen LogP contribution in [0.2, 0.25) is 0 Å². The highest BCUT2D eigenvalue weighted by molar-refractivity contribution is 7.80. The molecule has 0 aromatic carbocycles. The Balaban J connectivity index is 1.88. The van der Waals surface area contributed by atoms with Crippen molar-refractivity contribution < 1.29 is 14.3 Å². The summed E-state index contributed by atoms with van der Waals surface area (Å²) in [4.78, 5) is 18.2. The molecule has 0 amide bonds. The molecule has 1 aliphatic heterocycles. The van der Waals surface area contributed by atoms with Crippen LogP contribution in [-0.2, 0) is 20.8 Å². The minimum Gasteiger partial charge on any atom is -0.469 e. The van der Waals surface area contributed by atoms with Crippen molar-refractivity contribution in [2.45, 2.75) is 31.5 Å². The van der Waals surface area contributed by atoms with E-state index in [9.17, 15) is 4.79 Å². The van der Waals surface area contributed by atoms with Crippen LogP contribution in [0, 0.1) is 0 Å². The molecule has 0 unspecified atom stereocenters. The Hall–Kier alpha value is -2.45. The van der Waals surface area contributed by atoms with E-state index in [4.69, 9.17) is 21.7 Å². The number of hydrogen-bond acceptors (Lipinski definition) is 5. The molecular formula is C20H26N4O3S. The van der Waals surface area contributed by atoms with E-state index in [0.29, 0.717) is 31.1 Å². The van der Waals surface area contributed by atoms with Gasteiger partial charge in [0.1, 0.15) is 0 Å². The van der Waals surface area contributed by atoms with E-state index in [1.54, 1.807) is 13.3 Å². The maximum atomic E-state index is 11.5. The largest absolute Gasteiger partial charge is 0.469 e. The molecule has 1 saturated heterocycles. The standard InChI is InChI=1S/C20H26N4O3S/c1-26-14-13-23-11-5-8-16(23)19-18(15-7-3-4-10-21-15)22-20(28)24(19)12-6-9-17(25)27-2/h3-5,7-8,10-11,18-19H,6,9,12-14H2,1-2H3,(H,22,28)/t18-,19-/m1/s1. The fraction of sp³-hybridized carbons (Fsp3) is 0.450. The third-order valence-corrected chi connectivity index (χ3v) is 5.26. The fourth-order valence-electron chi connectivity index (χ4n) is 3.55. The molecule has 2 aromatic heterocycles. The normalized spacial score (nSPS) is 18.9. The summed E-state index contributed by atoms with van der Waals surface area (Å²) >= 11 is 5.64. The van der Waals surface area contributed by atoms with Crippen molar-refractivity contribution in [3.63, 3.8) is 0 Å². The molecule has 1 fully saturated rings. The minimum absolute atomic E-state index is 0.0214. The highest BCUT2D eigenvalue weighted by atomic mass is 32.1. The SMILES string of the molecule is COCCn1cccc1[C@@H]1[C@@H](c2ccccn2)NC(=S)N1CCCC(=O)OC. The lowest BCUT2D eigenvalue weighted by atomic mass is 10.0. The summed E-state index contributed by atoms with van der Waals surface area (Å²) in [6, 6.07) is 9.95. The lowest BCUT2D eigenvalue weighted by Gasteiger charge is -2.28. The number of nitrogens with zero attached hydrogens (tertiary/aromatic N) is 3. The summed E-state index contributed by atoms with van der Waals surface area (Å²) in [5.41, 5.74) is 2.07. The van der Waals surface area contributed by atoms with E-state index >= 15 is 0 Å². The number of hydrogen-bond donors (Lipinski definition) is 1. The van der Waals surface area contributed by atoms with E-state index in [2.05, 4.69) is 32.0 Å². The van der Waals surface area contributed by atoms with Crippen molar-refractivity contribution in [2.24, 2.45) is 0 Å². The van der Waals surface area contributed by atoms with Crippen molar-refractivity contribution in [1.82, 2.24) is 19.8 Å². The van der Waals surface area contributed by atoms with Crippen LogP contribution in [0.4, 0.5) is 0 Å². The average Bonchev–Trinajstić information content (AvgIpc) is 3.31. The number of rotatable bonds is 9. The smallest absolute Gasteiger partial charge is 0.305 e. The summed E-state index contributed by atoms with van der Waals surface area (Å²) < 4.78 is 12.2. The zero-order valence-electron chi connectivity index (χ0n) is 16.2. The summed E-state index contributed by atoms with van der Waals surface area (Å²) in [6.45, 7) is 2.04. The lowest BCUT2D eigenvalue weighted by Crippen LogP contribution is -2.32. The molecule has 0 radical (unpaired) electrons. The molecule has 0 saturated carbocycles. The molecule has 0 bridgehead atoms. The second-order valence-corrected chi connectivity index (χ2v) is 7.01. The molecule has 0 aliphatic carbocycles. The van der Waals surface area contributed by atoms with Gasteiger partial charge in [-0.3, -0.25) is 9.78 Å². The van der Waals surface area contributed by atoms with Gasteiger partial charge in [-0.05, 0) is 42.9 Å². The number of carbonyl (C=O) groups excluding carboxylic acids is 1. The summed E-state index contributed by atoms with van der Waals surface area (Å²) in [6.07, 6.45) is 4.87. The first kappa shape index (κ1) is 20.3. The maximum Gasteiger partial charge on any atom is 0.305 e. The Labute approximate surface area is 170 Å². The summed E-state index contributed by atoms with van der Waals surface area (Å²) in [7, 11) is 3.11. The van der Waals surface area contributed by atoms with Crippen LogP contribution < -0.4 is 5.32 Å². The molecule has 0 spiro atoms. The van der Waals surface area contributed by atoms with Crippen molar-refractivity contribution >= 4 is 23.3 Å². The van der Waals surface area contributed by atoms with Gasteiger partial charge in [-0.15, -0.1) is 0 Å². The van der Waals surface area contributed by atoms with E-state index < -0.39 is 0 Å². The van der Waals surface area contributed by atoms with Gasteiger partial charge in [-0.25, -0.2) is 0 Å². The van der Waals surface area contributed by atoms with Gasteiger partial charge < -0.3 is 24.3 Å². The molecule has 3 rings (SSSR count). The Morgan fingerprint density at radius 3 is 2.82 bits per heavy atom. The van der Waals surface area contributed by atoms with Gasteiger partial charge in [0, 0.05) is 44.7 Å². The van der Waals surface area contributed by atoms with Crippen LogP contribution in [0.1, 0.15) is 36.3 Å². The third-order valence-electron chi connectivity index (χ3n) is 4.91. The Morgan fingerprint density at radius 1 is 1.25 bits per heavy atom. The number of aromatic nitrogens is 2. The number of pyridine rings is 1. The first-order chi connectivity index (χ1) is 13.7. The van der Waals surface area contributed by atoms with Crippen LogP contribution in [-0.4, -0.2) is 52.9 Å². The van der Waals surface area contributed by atoms with Gasteiger partial charge in [0.05, 0.1) is 31.5 Å². The number of ether oxygens (including phenoxy) is 2. The molecule has 8 heteroatoms. The molecule has 28 heavy (non-hydrogen) atoms. The van der Waals surface area contributed by atoms with Crippen LogP contribution in [0.5, 0.6) is 0 Å². The molecule has 7 nitrogen and oxygen atoms in total. The Kier molecular flexibility index (Phi) is 7.00. The first-order valence-electron chi connectivity index (χ1n) is 9.34. The Bertz CT molecular complexity index is 796. The topological polar surface area (TPSA) is 68.6 Å². The van der Waals surface area contributed by atoms with E-state index in [-0.39, 0.29) is 18.1 Å². The highest BCUT2D eigenvalue weighted by Crippen LogP contribution is 2.38. The molecule has 3 heterocycles. The van der Waals surface area contributed by atoms with Crippen LogP contribution in [0.25, 0.3) is 0 Å². The second-order valence-electron chi connectivity index (χ2n) is 6.62. The van der Waals surface area contributed by atoms with Crippen LogP contribution in [0.15, 0.2) is 42.7 Å². The number of nitrogens with one attached hydrogen (secondary N) is 1. The fourth-order valence-corrected chi connectivity index (χ4v) is 3.88. The van der Waals surface area contributed by atoms with Crippen molar-refractivity contribution in [3.05, 3.63) is 54.1 Å². The molecule has 2 atom stereocenters. The predicted molar refractivity (Wildman–Crippen MR) is 110 cm³/mol. The Morgan fingerprint density at radius 2 is 2.11 bits per heavy atom. The molecule has 2 aromatic rings. The first-order valence-corrected chi connectivity index (χ1v) is 9.75. The van der Waals surface area contributed by atoms with E-state index in [1.165, 1.54) is 7.11 Å². The van der Waals surface area contributed by atoms with Crippen molar-refractivity contribution in [1.29, 1.82) is 0 Å². The van der Waals surface area contributed by atoms with Gasteiger partial charge in [0.15, 0.2) is 5.11 Å². The minimum atomic E-state index is -0.209. The van der Waals surface area contributed by atoms with Gasteiger partial charge in [-0.2, -0.15) is 0 Å². The van der Waals surface area contributed by atoms with Gasteiger partial charge in [0.25, 0.3) is 0 Å². The number of thiocarbonyl (C=S) groups is 1. The van der Waals surface area contributed by atoms with Crippen LogP contribution >= 0.6 is 12.2 Å². The molecule has 1 N–H and O–H groups in total. The highest BCUT2D eigenvalue weighted by Gasteiger charge is 2.40. The molecule has 150 valence electrons.